The number of hydrogen-bond donors (Lipinski definition) is 1. The highest BCUT2D eigenvalue weighted by Crippen LogP contribution is 2.30. The highest BCUT2D eigenvalue weighted by molar-refractivity contribution is 5.34. The van der Waals surface area contributed by atoms with Crippen LogP contribution in [0.2, 0.25) is 0 Å². The number of aliphatic hydroxyl groups is 1. The van der Waals surface area contributed by atoms with Gasteiger partial charge in [-0.25, -0.2) is 0 Å². The minimum Gasteiger partial charge on any atom is -0.367 e. The van der Waals surface area contributed by atoms with Crippen LogP contribution in [0.15, 0.2) is 60.7 Å². The average Bonchev–Trinajstić information content (AvgIpc) is 2.39. The van der Waals surface area contributed by atoms with Crippen LogP contribution in [0.25, 0.3) is 0 Å². The molecule has 0 saturated carbocycles. The Balaban J connectivity index is 2.55. The third kappa shape index (κ3) is 2.09. The summed E-state index contributed by atoms with van der Waals surface area (Å²) in [6.07, 6.45) is 0. The fraction of sp³-hybridized carbons (Fsp3) is 0.200. The van der Waals surface area contributed by atoms with Crippen molar-refractivity contribution in [3.8, 4) is 0 Å². The van der Waals surface area contributed by atoms with E-state index in [1.165, 1.54) is 0 Å². The molecule has 0 bridgehead atoms. The summed E-state index contributed by atoms with van der Waals surface area (Å²) < 4.78 is 0. The maximum atomic E-state index is 11.0. The monoisotopic (exact) mass is 227 g/mol. The number of rotatable bonds is 3. The van der Waals surface area contributed by atoms with Crippen molar-refractivity contribution in [1.29, 1.82) is 0 Å². The lowest BCUT2D eigenvalue weighted by atomic mass is 9.93. The van der Waals surface area contributed by atoms with Crippen molar-refractivity contribution in [2.45, 2.75) is 5.72 Å². The molecule has 0 aliphatic rings. The van der Waals surface area contributed by atoms with Crippen molar-refractivity contribution < 1.29 is 5.11 Å². The van der Waals surface area contributed by atoms with Crippen LogP contribution in [0.4, 0.5) is 0 Å². The first-order valence-electron chi connectivity index (χ1n) is 5.66. The van der Waals surface area contributed by atoms with Gasteiger partial charge in [-0.1, -0.05) is 60.7 Å². The molecule has 17 heavy (non-hydrogen) atoms. The Morgan fingerprint density at radius 3 is 1.41 bits per heavy atom. The molecule has 0 saturated heterocycles. The van der Waals surface area contributed by atoms with Gasteiger partial charge in [-0.15, -0.1) is 0 Å². The summed E-state index contributed by atoms with van der Waals surface area (Å²) in [4.78, 5) is 1.82. The lowest BCUT2D eigenvalue weighted by Gasteiger charge is -2.35. The van der Waals surface area contributed by atoms with E-state index in [1.807, 2.05) is 79.7 Å². The van der Waals surface area contributed by atoms with Crippen LogP contribution in [-0.2, 0) is 5.72 Å². The van der Waals surface area contributed by atoms with Crippen LogP contribution in [0.1, 0.15) is 11.1 Å². The molecule has 1 N–H and O–H groups in total. The van der Waals surface area contributed by atoms with Crippen LogP contribution in [0, 0.1) is 0 Å². The van der Waals surface area contributed by atoms with E-state index in [0.29, 0.717) is 0 Å². The van der Waals surface area contributed by atoms with Crippen LogP contribution >= 0.6 is 0 Å². The van der Waals surface area contributed by atoms with Gasteiger partial charge in [0.1, 0.15) is 0 Å². The molecule has 0 amide bonds. The molecule has 0 spiro atoms. The van der Waals surface area contributed by atoms with Gasteiger partial charge in [-0.05, 0) is 14.1 Å². The number of hydrogen-bond acceptors (Lipinski definition) is 2. The zero-order valence-electron chi connectivity index (χ0n) is 10.2. The Labute approximate surface area is 102 Å². The molecular formula is C15H17NO. The number of nitrogens with zero attached hydrogens (tertiary/aromatic N) is 1. The molecule has 0 aliphatic carbocycles. The maximum absolute atomic E-state index is 11.0. The zero-order valence-corrected chi connectivity index (χ0v) is 10.2. The van der Waals surface area contributed by atoms with E-state index in [0.717, 1.165) is 11.1 Å². The molecule has 0 fully saturated rings. The lowest BCUT2D eigenvalue weighted by molar-refractivity contribution is -0.0507. The van der Waals surface area contributed by atoms with Gasteiger partial charge in [0.25, 0.3) is 0 Å². The first kappa shape index (κ1) is 11.8. The zero-order chi connectivity index (χ0) is 12.3. The molecule has 0 radical (unpaired) electrons. The van der Waals surface area contributed by atoms with Gasteiger partial charge in [0.05, 0.1) is 0 Å². The fourth-order valence-corrected chi connectivity index (χ4v) is 2.02. The van der Waals surface area contributed by atoms with Gasteiger partial charge in [-0.3, -0.25) is 4.90 Å². The van der Waals surface area contributed by atoms with Crippen LogP contribution < -0.4 is 0 Å². The van der Waals surface area contributed by atoms with E-state index in [4.69, 9.17) is 0 Å². The molecule has 2 heteroatoms. The van der Waals surface area contributed by atoms with Crippen molar-refractivity contribution in [2.75, 3.05) is 14.1 Å². The molecule has 2 aromatic carbocycles. The van der Waals surface area contributed by atoms with E-state index >= 15 is 0 Å². The lowest BCUT2D eigenvalue weighted by Crippen LogP contribution is -2.42. The van der Waals surface area contributed by atoms with Gasteiger partial charge in [-0.2, -0.15) is 0 Å². The highest BCUT2D eigenvalue weighted by atomic mass is 16.3. The first-order valence-corrected chi connectivity index (χ1v) is 5.66. The van der Waals surface area contributed by atoms with Gasteiger partial charge < -0.3 is 5.11 Å². The van der Waals surface area contributed by atoms with Crippen molar-refractivity contribution in [3.63, 3.8) is 0 Å². The second-order valence-corrected chi connectivity index (χ2v) is 4.30. The van der Waals surface area contributed by atoms with E-state index in [1.54, 1.807) is 0 Å². The van der Waals surface area contributed by atoms with Crippen LogP contribution in [0.5, 0.6) is 0 Å². The van der Waals surface area contributed by atoms with Crippen LogP contribution in [-0.4, -0.2) is 24.1 Å². The van der Waals surface area contributed by atoms with Gasteiger partial charge >= 0.3 is 0 Å². The van der Waals surface area contributed by atoms with E-state index in [9.17, 15) is 5.11 Å². The standard InChI is InChI=1S/C15H17NO/c1-16(2)15(17,13-9-5-3-6-10-13)14-11-7-4-8-12-14/h3-12,17H,1-2H3. The van der Waals surface area contributed by atoms with Crippen LogP contribution in [0.3, 0.4) is 0 Å². The molecule has 2 nitrogen and oxygen atoms in total. The molecule has 88 valence electrons. The summed E-state index contributed by atoms with van der Waals surface area (Å²) in [6.45, 7) is 0. The minimum atomic E-state index is -1.08. The molecule has 0 atom stereocenters. The molecule has 0 aromatic heterocycles. The Hall–Kier alpha value is -1.64. The Bertz CT molecular complexity index is 425. The van der Waals surface area contributed by atoms with Crippen molar-refractivity contribution >= 4 is 0 Å². The van der Waals surface area contributed by atoms with Crippen molar-refractivity contribution in [1.82, 2.24) is 4.90 Å². The van der Waals surface area contributed by atoms with Gasteiger partial charge in [0.2, 0.25) is 0 Å². The van der Waals surface area contributed by atoms with Crippen molar-refractivity contribution in [2.24, 2.45) is 0 Å². The average molecular weight is 227 g/mol. The fourth-order valence-electron chi connectivity index (χ4n) is 2.02. The smallest absolute Gasteiger partial charge is 0.170 e. The maximum Gasteiger partial charge on any atom is 0.170 e. The third-order valence-corrected chi connectivity index (χ3v) is 3.00. The second kappa shape index (κ2) is 4.70. The summed E-state index contributed by atoms with van der Waals surface area (Å²) in [5.41, 5.74) is 0.662. The predicted octanol–water partition coefficient (Wildman–Crippen LogP) is 2.44. The molecule has 2 aromatic rings. The van der Waals surface area contributed by atoms with E-state index < -0.39 is 5.72 Å². The van der Waals surface area contributed by atoms with Gasteiger partial charge in [0, 0.05) is 11.1 Å². The largest absolute Gasteiger partial charge is 0.367 e. The third-order valence-electron chi connectivity index (χ3n) is 3.00. The van der Waals surface area contributed by atoms with Gasteiger partial charge in [0.15, 0.2) is 5.72 Å². The summed E-state index contributed by atoms with van der Waals surface area (Å²) in [6, 6.07) is 19.4. The molecule has 0 aliphatic heterocycles. The Kier molecular flexibility index (Phi) is 3.27. The Morgan fingerprint density at radius 2 is 1.12 bits per heavy atom. The summed E-state index contributed by atoms with van der Waals surface area (Å²) in [5.74, 6) is 0. The Morgan fingerprint density at radius 1 is 0.765 bits per heavy atom. The number of benzene rings is 2. The predicted molar refractivity (Wildman–Crippen MR) is 69.6 cm³/mol. The molecule has 2 rings (SSSR count). The molecular weight excluding hydrogens is 210 g/mol. The van der Waals surface area contributed by atoms with E-state index in [2.05, 4.69) is 0 Å². The van der Waals surface area contributed by atoms with E-state index in [-0.39, 0.29) is 0 Å². The summed E-state index contributed by atoms with van der Waals surface area (Å²) in [5, 5.41) is 11.0. The quantitative estimate of drug-likeness (QED) is 0.814. The topological polar surface area (TPSA) is 23.5 Å². The highest BCUT2D eigenvalue weighted by Gasteiger charge is 2.33. The molecule has 0 heterocycles. The first-order chi connectivity index (χ1) is 8.15. The minimum absolute atomic E-state index is 0.871. The SMILES string of the molecule is CN(C)C(O)(c1ccccc1)c1ccccc1. The summed E-state index contributed by atoms with van der Waals surface area (Å²) >= 11 is 0. The normalized spacial score (nSPS) is 11.8. The summed E-state index contributed by atoms with van der Waals surface area (Å²) in [7, 11) is 3.75. The molecule has 0 unspecified atom stereocenters. The second-order valence-electron chi connectivity index (χ2n) is 4.30. The van der Waals surface area contributed by atoms with Crippen molar-refractivity contribution in [3.05, 3.63) is 71.8 Å².